The van der Waals surface area contributed by atoms with Crippen LogP contribution >= 0.6 is 11.6 Å². The van der Waals surface area contributed by atoms with Crippen molar-refractivity contribution in [3.63, 3.8) is 0 Å². The number of hydrogen-bond acceptors (Lipinski definition) is 3. The number of nitrogens with zero attached hydrogens (tertiary/aromatic N) is 1. The fraction of sp³-hybridized carbons (Fsp3) is 0.200. The van der Waals surface area contributed by atoms with Crippen LogP contribution < -0.4 is 9.62 Å². The smallest absolute Gasteiger partial charge is 0.235 e. The number of halogens is 2. The summed E-state index contributed by atoms with van der Waals surface area (Å²) in [6, 6.07) is 11.4. The van der Waals surface area contributed by atoms with E-state index in [9.17, 15) is 12.8 Å². The van der Waals surface area contributed by atoms with Crippen molar-refractivity contribution in [2.45, 2.75) is 6.42 Å². The lowest BCUT2D eigenvalue weighted by atomic mass is 10.2. The van der Waals surface area contributed by atoms with E-state index in [1.165, 1.54) is 16.4 Å². The molecule has 0 atom stereocenters. The van der Waals surface area contributed by atoms with Crippen molar-refractivity contribution in [3.05, 3.63) is 53.3 Å². The highest BCUT2D eigenvalue weighted by atomic mass is 35.5. The number of hydrogen-bond donors (Lipinski definition) is 1. The van der Waals surface area contributed by atoms with Crippen molar-refractivity contribution in [2.24, 2.45) is 0 Å². The van der Waals surface area contributed by atoms with Crippen molar-refractivity contribution in [3.8, 4) is 0 Å². The van der Waals surface area contributed by atoms with Crippen LogP contribution in [0.2, 0.25) is 5.02 Å². The number of nitrogens with one attached hydrogen (secondary N) is 1. The zero-order valence-electron chi connectivity index (χ0n) is 11.6. The highest BCUT2D eigenvalue weighted by Crippen LogP contribution is 2.28. The molecule has 22 heavy (non-hydrogen) atoms. The predicted octanol–water partition coefficient (Wildman–Crippen LogP) is 3.76. The lowest BCUT2D eigenvalue weighted by Crippen LogP contribution is -2.24. The largest absolute Gasteiger partial charge is 0.355 e. The number of rotatable bonds is 3. The molecule has 0 bridgehead atoms. The van der Waals surface area contributed by atoms with Gasteiger partial charge < -0.3 is 5.32 Å². The standard InChI is InChI=1S/C15H14ClFN2O2S/c16-14-10-12(5-6-15(14)17)18-11-3-1-4-13(9-11)19-7-2-8-22(19,20)21/h1,3-6,9-10,18H,2,7-8H2. The molecule has 116 valence electrons. The first-order valence-electron chi connectivity index (χ1n) is 6.78. The van der Waals surface area contributed by atoms with Crippen LogP contribution in [-0.2, 0) is 10.0 Å². The second-order valence-corrected chi connectivity index (χ2v) is 7.47. The Morgan fingerprint density at radius 3 is 2.59 bits per heavy atom. The minimum atomic E-state index is -3.21. The summed E-state index contributed by atoms with van der Waals surface area (Å²) < 4.78 is 38.5. The molecule has 1 fully saturated rings. The Labute approximate surface area is 133 Å². The predicted molar refractivity (Wildman–Crippen MR) is 86.9 cm³/mol. The van der Waals surface area contributed by atoms with Gasteiger partial charge in [-0.1, -0.05) is 17.7 Å². The number of benzene rings is 2. The van der Waals surface area contributed by atoms with Gasteiger partial charge in [-0.3, -0.25) is 4.31 Å². The molecule has 1 saturated heterocycles. The van der Waals surface area contributed by atoms with Gasteiger partial charge in [-0.2, -0.15) is 0 Å². The van der Waals surface area contributed by atoms with Gasteiger partial charge in [0, 0.05) is 17.9 Å². The van der Waals surface area contributed by atoms with E-state index in [1.807, 2.05) is 6.07 Å². The molecule has 2 aromatic carbocycles. The van der Waals surface area contributed by atoms with Crippen molar-refractivity contribution in [1.29, 1.82) is 0 Å². The molecule has 1 heterocycles. The fourth-order valence-corrected chi connectivity index (χ4v) is 4.15. The molecule has 0 spiro atoms. The molecule has 0 saturated carbocycles. The average Bonchev–Trinajstić information content (AvgIpc) is 2.83. The van der Waals surface area contributed by atoms with E-state index >= 15 is 0 Å². The zero-order valence-corrected chi connectivity index (χ0v) is 13.2. The van der Waals surface area contributed by atoms with Crippen LogP contribution in [0.4, 0.5) is 21.5 Å². The molecule has 2 aromatic rings. The summed E-state index contributed by atoms with van der Waals surface area (Å²) >= 11 is 5.75. The van der Waals surface area contributed by atoms with E-state index in [-0.39, 0.29) is 10.8 Å². The third-order valence-corrected chi connectivity index (χ3v) is 5.60. The first kappa shape index (κ1) is 15.1. The van der Waals surface area contributed by atoms with Crippen LogP contribution in [0, 0.1) is 5.82 Å². The summed E-state index contributed by atoms with van der Waals surface area (Å²) in [6.45, 7) is 0.494. The summed E-state index contributed by atoms with van der Waals surface area (Å²) in [4.78, 5) is 0. The van der Waals surface area contributed by atoms with Crippen molar-refractivity contribution in [2.75, 3.05) is 21.9 Å². The van der Waals surface area contributed by atoms with Crippen LogP contribution in [0.5, 0.6) is 0 Å². The summed E-state index contributed by atoms with van der Waals surface area (Å²) in [5.74, 6) is -0.303. The van der Waals surface area contributed by atoms with Gasteiger partial charge >= 0.3 is 0 Å². The molecular weight excluding hydrogens is 327 g/mol. The molecule has 0 unspecified atom stereocenters. The highest BCUT2D eigenvalue weighted by Gasteiger charge is 2.28. The van der Waals surface area contributed by atoms with Crippen LogP contribution in [-0.4, -0.2) is 20.7 Å². The van der Waals surface area contributed by atoms with Crippen LogP contribution in [0.1, 0.15) is 6.42 Å². The maximum Gasteiger partial charge on any atom is 0.235 e. The maximum atomic E-state index is 13.2. The molecule has 4 nitrogen and oxygen atoms in total. The molecule has 3 rings (SSSR count). The van der Waals surface area contributed by atoms with Gasteiger partial charge in [0.2, 0.25) is 10.0 Å². The van der Waals surface area contributed by atoms with Gasteiger partial charge in [0.1, 0.15) is 5.82 Å². The van der Waals surface area contributed by atoms with Crippen molar-refractivity contribution < 1.29 is 12.8 Å². The first-order valence-corrected chi connectivity index (χ1v) is 8.77. The summed E-state index contributed by atoms with van der Waals surface area (Å²) in [6.07, 6.45) is 0.632. The lowest BCUT2D eigenvalue weighted by molar-refractivity contribution is 0.599. The molecular formula is C15H14ClFN2O2S. The monoisotopic (exact) mass is 340 g/mol. The van der Waals surface area contributed by atoms with E-state index in [0.29, 0.717) is 30.0 Å². The third kappa shape index (κ3) is 3.03. The zero-order chi connectivity index (χ0) is 15.7. The topological polar surface area (TPSA) is 49.4 Å². The van der Waals surface area contributed by atoms with E-state index in [4.69, 9.17) is 11.6 Å². The Morgan fingerprint density at radius 2 is 1.91 bits per heavy atom. The minimum absolute atomic E-state index is 0.0308. The van der Waals surface area contributed by atoms with Gasteiger partial charge in [-0.05, 0) is 42.8 Å². The SMILES string of the molecule is O=S1(=O)CCCN1c1cccc(Nc2ccc(F)c(Cl)c2)c1. The molecule has 1 aliphatic heterocycles. The van der Waals surface area contributed by atoms with E-state index in [0.717, 1.165) is 0 Å². The quantitative estimate of drug-likeness (QED) is 0.925. The Bertz CT molecular complexity index is 811. The number of sulfonamides is 1. The maximum absolute atomic E-state index is 13.2. The van der Waals surface area contributed by atoms with Crippen LogP contribution in [0.3, 0.4) is 0 Å². The Morgan fingerprint density at radius 1 is 1.14 bits per heavy atom. The number of anilines is 3. The van der Waals surface area contributed by atoms with E-state index < -0.39 is 15.8 Å². The van der Waals surface area contributed by atoms with Crippen molar-refractivity contribution >= 4 is 38.7 Å². The fourth-order valence-electron chi connectivity index (χ4n) is 2.41. The average molecular weight is 341 g/mol. The molecule has 0 radical (unpaired) electrons. The molecule has 0 aliphatic carbocycles. The Kier molecular flexibility index (Phi) is 3.97. The lowest BCUT2D eigenvalue weighted by Gasteiger charge is -2.18. The Balaban J connectivity index is 1.86. The second kappa shape index (κ2) is 5.78. The van der Waals surface area contributed by atoms with Crippen LogP contribution in [0.15, 0.2) is 42.5 Å². The van der Waals surface area contributed by atoms with Gasteiger partial charge in [0.05, 0.1) is 16.5 Å². The first-order chi connectivity index (χ1) is 10.5. The second-order valence-electron chi connectivity index (χ2n) is 5.05. The summed E-state index contributed by atoms with van der Waals surface area (Å²) in [5.41, 5.74) is 1.96. The van der Waals surface area contributed by atoms with Gasteiger partial charge in [0.15, 0.2) is 0 Å². The minimum Gasteiger partial charge on any atom is -0.355 e. The molecule has 1 aliphatic rings. The normalized spacial score (nSPS) is 16.7. The highest BCUT2D eigenvalue weighted by molar-refractivity contribution is 7.93. The third-order valence-electron chi connectivity index (χ3n) is 3.44. The van der Waals surface area contributed by atoms with Crippen molar-refractivity contribution in [1.82, 2.24) is 0 Å². The van der Waals surface area contributed by atoms with Gasteiger partial charge in [-0.15, -0.1) is 0 Å². The summed E-state index contributed by atoms with van der Waals surface area (Å²) in [7, 11) is -3.21. The summed E-state index contributed by atoms with van der Waals surface area (Å²) in [5, 5.41) is 3.12. The Hall–Kier alpha value is -1.79. The van der Waals surface area contributed by atoms with Gasteiger partial charge in [0.25, 0.3) is 0 Å². The van der Waals surface area contributed by atoms with Gasteiger partial charge in [-0.25, -0.2) is 12.8 Å². The molecule has 0 aromatic heterocycles. The molecule has 0 amide bonds. The van der Waals surface area contributed by atoms with E-state index in [2.05, 4.69) is 5.32 Å². The van der Waals surface area contributed by atoms with Crippen LogP contribution in [0.25, 0.3) is 0 Å². The molecule has 1 N–H and O–H groups in total. The molecule has 7 heteroatoms. The van der Waals surface area contributed by atoms with E-state index in [1.54, 1.807) is 24.3 Å².